The molecule has 0 aromatic heterocycles. The average Bonchev–Trinajstić information content (AvgIpc) is 1.65. The second-order valence-corrected chi connectivity index (χ2v) is 2.98. The van der Waals surface area contributed by atoms with Crippen molar-refractivity contribution in [3.8, 4) is 6.07 Å². The maximum absolute atomic E-state index is 8.33. The van der Waals surface area contributed by atoms with Gasteiger partial charge in [0.1, 0.15) is 0 Å². The predicted molar refractivity (Wildman–Crippen MR) is 32.6 cm³/mol. The summed E-state index contributed by atoms with van der Waals surface area (Å²) in [6.07, 6.45) is -0.738. The van der Waals surface area contributed by atoms with Crippen molar-refractivity contribution < 1.29 is 10.1 Å². The summed E-state index contributed by atoms with van der Waals surface area (Å²) in [6, 6.07) is 1.82. The Bertz CT molecular complexity index is 120. The molecule has 0 fully saturated rings. The van der Waals surface area contributed by atoms with Gasteiger partial charge in [0.2, 0.25) is 0 Å². The highest BCUT2D eigenvalue weighted by Gasteiger charge is 2.24. The van der Waals surface area contributed by atoms with Crippen molar-refractivity contribution >= 4 is 0 Å². The van der Waals surface area contributed by atoms with Gasteiger partial charge in [-0.3, -0.25) is 5.26 Å². The maximum atomic E-state index is 8.33. The third-order valence-corrected chi connectivity index (χ3v) is 1.01. The van der Waals surface area contributed by atoms with Crippen LogP contribution in [0.2, 0.25) is 0 Å². The second-order valence-electron chi connectivity index (χ2n) is 2.98. The van der Waals surface area contributed by atoms with Gasteiger partial charge in [0.25, 0.3) is 0 Å². The van der Waals surface area contributed by atoms with Crippen LogP contribution in [-0.2, 0) is 4.89 Å². The molecular formula is C6H11NO2. The molecule has 0 heterocycles. The van der Waals surface area contributed by atoms with Gasteiger partial charge in [-0.05, 0) is 0 Å². The molecular weight excluding hydrogens is 118 g/mol. The van der Waals surface area contributed by atoms with Crippen LogP contribution in [0.3, 0.4) is 0 Å². The molecule has 1 atom stereocenters. The van der Waals surface area contributed by atoms with Gasteiger partial charge in [0.05, 0.1) is 6.07 Å². The Kier molecular flexibility index (Phi) is 2.63. The number of nitrogens with zero attached hydrogens (tertiary/aromatic N) is 1. The van der Waals surface area contributed by atoms with E-state index in [4.69, 9.17) is 10.5 Å². The molecule has 1 N–H and O–H groups in total. The number of rotatable bonds is 1. The van der Waals surface area contributed by atoms with Gasteiger partial charge in [-0.25, -0.2) is 4.89 Å². The van der Waals surface area contributed by atoms with E-state index in [9.17, 15) is 0 Å². The first kappa shape index (κ1) is 8.41. The highest BCUT2D eigenvalue weighted by atomic mass is 17.1. The molecule has 0 radical (unpaired) electrons. The lowest BCUT2D eigenvalue weighted by atomic mass is 9.90. The third kappa shape index (κ3) is 2.45. The predicted octanol–water partition coefficient (Wildman–Crippen LogP) is 1.41. The third-order valence-electron chi connectivity index (χ3n) is 1.01. The van der Waals surface area contributed by atoms with E-state index in [1.54, 1.807) is 0 Å². The number of nitriles is 1. The summed E-state index contributed by atoms with van der Waals surface area (Å²) in [7, 11) is 0. The minimum absolute atomic E-state index is 0.316. The number of hydrogen-bond acceptors (Lipinski definition) is 3. The topological polar surface area (TPSA) is 53.2 Å². The van der Waals surface area contributed by atoms with Crippen LogP contribution in [0.25, 0.3) is 0 Å². The van der Waals surface area contributed by atoms with Gasteiger partial charge in [-0.2, -0.15) is 5.26 Å². The van der Waals surface area contributed by atoms with Gasteiger partial charge in [0.15, 0.2) is 6.10 Å². The van der Waals surface area contributed by atoms with Crippen LogP contribution in [0.4, 0.5) is 0 Å². The zero-order valence-electron chi connectivity index (χ0n) is 5.88. The van der Waals surface area contributed by atoms with E-state index in [-0.39, 0.29) is 5.41 Å². The molecule has 0 aromatic rings. The Hall–Kier alpha value is -0.590. The smallest absolute Gasteiger partial charge is 0.183 e. The average molecular weight is 129 g/mol. The fourth-order valence-electron chi connectivity index (χ4n) is 0.375. The SMILES string of the molecule is CC(C)(C)C(C#N)OO. The van der Waals surface area contributed by atoms with Crippen molar-refractivity contribution in [2.45, 2.75) is 26.9 Å². The summed E-state index contributed by atoms with van der Waals surface area (Å²) in [5.41, 5.74) is -0.316. The van der Waals surface area contributed by atoms with Crippen molar-refractivity contribution in [3.63, 3.8) is 0 Å². The van der Waals surface area contributed by atoms with Crippen LogP contribution in [0.1, 0.15) is 20.8 Å². The van der Waals surface area contributed by atoms with Gasteiger partial charge >= 0.3 is 0 Å². The minimum atomic E-state index is -0.738. The van der Waals surface area contributed by atoms with Crippen molar-refractivity contribution in [2.75, 3.05) is 0 Å². The lowest BCUT2D eigenvalue weighted by molar-refractivity contribution is -0.282. The molecule has 9 heavy (non-hydrogen) atoms. The highest BCUT2D eigenvalue weighted by molar-refractivity contribution is 4.91. The van der Waals surface area contributed by atoms with E-state index in [0.717, 1.165) is 0 Å². The van der Waals surface area contributed by atoms with Crippen molar-refractivity contribution in [3.05, 3.63) is 0 Å². The normalized spacial score (nSPS) is 14.6. The lowest BCUT2D eigenvalue weighted by Gasteiger charge is -2.20. The molecule has 0 rings (SSSR count). The molecule has 0 saturated heterocycles. The zero-order chi connectivity index (χ0) is 7.49. The summed E-state index contributed by atoms with van der Waals surface area (Å²) in [5, 5.41) is 16.5. The van der Waals surface area contributed by atoms with E-state index in [2.05, 4.69) is 4.89 Å². The molecule has 0 saturated carbocycles. The van der Waals surface area contributed by atoms with Crippen LogP contribution in [-0.4, -0.2) is 11.4 Å². The lowest BCUT2D eigenvalue weighted by Crippen LogP contribution is -2.26. The van der Waals surface area contributed by atoms with Crippen LogP contribution in [0.15, 0.2) is 0 Å². The molecule has 0 aromatic carbocycles. The van der Waals surface area contributed by atoms with Crippen LogP contribution >= 0.6 is 0 Å². The largest absolute Gasteiger partial charge is 0.250 e. The Morgan fingerprint density at radius 2 is 2.00 bits per heavy atom. The fraction of sp³-hybridized carbons (Fsp3) is 0.833. The summed E-state index contributed by atoms with van der Waals surface area (Å²) < 4.78 is 0. The van der Waals surface area contributed by atoms with Gasteiger partial charge in [0, 0.05) is 5.41 Å². The standard InChI is InChI=1S/C6H11NO2/c1-6(2,3)5(4-7)9-8/h5,8H,1-3H3. The quantitative estimate of drug-likeness (QED) is 0.430. The summed E-state index contributed by atoms with van der Waals surface area (Å²) in [6.45, 7) is 5.45. The Labute approximate surface area is 54.8 Å². The first-order chi connectivity index (χ1) is 4.02. The van der Waals surface area contributed by atoms with Crippen LogP contribution in [0.5, 0.6) is 0 Å². The molecule has 0 spiro atoms. The monoisotopic (exact) mass is 129 g/mol. The minimum Gasteiger partial charge on any atom is -0.250 e. The molecule has 3 heteroatoms. The molecule has 1 unspecified atom stereocenters. The molecule has 0 bridgehead atoms. The van der Waals surface area contributed by atoms with E-state index in [1.165, 1.54) is 0 Å². The van der Waals surface area contributed by atoms with Crippen LogP contribution < -0.4 is 0 Å². The van der Waals surface area contributed by atoms with Crippen molar-refractivity contribution in [2.24, 2.45) is 5.41 Å². The fourth-order valence-corrected chi connectivity index (χ4v) is 0.375. The summed E-state index contributed by atoms with van der Waals surface area (Å²) >= 11 is 0. The Balaban J connectivity index is 4.00. The van der Waals surface area contributed by atoms with Crippen molar-refractivity contribution in [1.29, 1.82) is 5.26 Å². The van der Waals surface area contributed by atoms with Gasteiger partial charge in [-0.1, -0.05) is 20.8 Å². The van der Waals surface area contributed by atoms with Gasteiger partial charge < -0.3 is 0 Å². The Morgan fingerprint density at radius 1 is 1.56 bits per heavy atom. The van der Waals surface area contributed by atoms with Crippen molar-refractivity contribution in [1.82, 2.24) is 0 Å². The Morgan fingerprint density at radius 3 is 2.00 bits per heavy atom. The summed E-state index contributed by atoms with van der Waals surface area (Å²) in [5.74, 6) is 0. The molecule has 3 nitrogen and oxygen atoms in total. The van der Waals surface area contributed by atoms with E-state index >= 15 is 0 Å². The van der Waals surface area contributed by atoms with Crippen LogP contribution in [0, 0.1) is 16.7 Å². The zero-order valence-corrected chi connectivity index (χ0v) is 5.88. The molecule has 0 aliphatic rings. The highest BCUT2D eigenvalue weighted by Crippen LogP contribution is 2.20. The molecule has 0 amide bonds. The first-order valence-corrected chi connectivity index (χ1v) is 2.72. The van der Waals surface area contributed by atoms with Gasteiger partial charge in [-0.15, -0.1) is 0 Å². The first-order valence-electron chi connectivity index (χ1n) is 2.72. The molecule has 0 aliphatic carbocycles. The second kappa shape index (κ2) is 2.81. The van der Waals surface area contributed by atoms with E-state index < -0.39 is 6.10 Å². The molecule has 52 valence electrons. The number of hydrogen-bond donors (Lipinski definition) is 1. The maximum Gasteiger partial charge on any atom is 0.183 e. The summed E-state index contributed by atoms with van der Waals surface area (Å²) in [4.78, 5) is 3.90. The van der Waals surface area contributed by atoms with E-state index in [1.807, 2.05) is 26.8 Å². The van der Waals surface area contributed by atoms with E-state index in [0.29, 0.717) is 0 Å². The molecule has 0 aliphatic heterocycles.